The summed E-state index contributed by atoms with van der Waals surface area (Å²) in [7, 11) is 1.67. The van der Waals surface area contributed by atoms with Crippen LogP contribution in [-0.2, 0) is 6.54 Å². The molecular weight excluding hydrogens is 423 g/mol. The standard InChI is InChI=1S/C27H22ClFN2O/c1-17(18-10-11-20-15-21(32-2)13-12-19(20)14-18)27-30-25-8-3-4-9-26(25)31(27)16-22-23(28)6-5-7-24(22)29/h3-15,17H,16H2,1-2H3. The van der Waals surface area contributed by atoms with E-state index < -0.39 is 0 Å². The molecule has 0 radical (unpaired) electrons. The molecule has 5 aromatic rings. The highest BCUT2D eigenvalue weighted by molar-refractivity contribution is 6.31. The van der Waals surface area contributed by atoms with Gasteiger partial charge in [-0.2, -0.15) is 0 Å². The summed E-state index contributed by atoms with van der Waals surface area (Å²) in [6.45, 7) is 2.45. The fraction of sp³-hybridized carbons (Fsp3) is 0.148. The summed E-state index contributed by atoms with van der Waals surface area (Å²) in [5, 5.41) is 2.67. The molecule has 0 fully saturated rings. The summed E-state index contributed by atoms with van der Waals surface area (Å²) in [6, 6.07) is 25.2. The molecule has 0 amide bonds. The van der Waals surface area contributed by atoms with E-state index >= 15 is 0 Å². The number of nitrogens with zero attached hydrogens (tertiary/aromatic N) is 2. The van der Waals surface area contributed by atoms with Crippen LogP contribution in [0.15, 0.2) is 78.9 Å². The van der Waals surface area contributed by atoms with Crippen LogP contribution in [0.4, 0.5) is 4.39 Å². The zero-order valence-electron chi connectivity index (χ0n) is 17.8. The van der Waals surface area contributed by atoms with Gasteiger partial charge in [0.2, 0.25) is 0 Å². The maximum absolute atomic E-state index is 14.6. The maximum atomic E-state index is 14.6. The van der Waals surface area contributed by atoms with Gasteiger partial charge in [-0.05, 0) is 52.7 Å². The summed E-state index contributed by atoms with van der Waals surface area (Å²) >= 11 is 6.35. The summed E-state index contributed by atoms with van der Waals surface area (Å²) in [5.74, 6) is 1.40. The quantitative estimate of drug-likeness (QED) is 0.287. The number of methoxy groups -OCH3 is 1. The lowest BCUT2D eigenvalue weighted by Crippen LogP contribution is -2.10. The Morgan fingerprint density at radius 3 is 2.56 bits per heavy atom. The van der Waals surface area contributed by atoms with E-state index in [1.54, 1.807) is 19.2 Å². The zero-order valence-corrected chi connectivity index (χ0v) is 18.6. The van der Waals surface area contributed by atoms with Crippen molar-refractivity contribution in [2.45, 2.75) is 19.4 Å². The third kappa shape index (κ3) is 3.61. The molecule has 5 rings (SSSR count). The van der Waals surface area contributed by atoms with Gasteiger partial charge in [-0.1, -0.05) is 61.0 Å². The van der Waals surface area contributed by atoms with Crippen molar-refractivity contribution in [2.24, 2.45) is 0 Å². The first-order valence-corrected chi connectivity index (χ1v) is 10.9. The lowest BCUT2D eigenvalue weighted by atomic mass is 9.97. The van der Waals surface area contributed by atoms with Crippen LogP contribution in [0.2, 0.25) is 5.02 Å². The van der Waals surface area contributed by atoms with Crippen molar-refractivity contribution in [2.75, 3.05) is 7.11 Å². The minimum atomic E-state index is -0.312. The molecule has 4 aromatic carbocycles. The van der Waals surface area contributed by atoms with Crippen molar-refractivity contribution in [3.63, 3.8) is 0 Å². The van der Waals surface area contributed by atoms with Crippen LogP contribution < -0.4 is 4.74 Å². The van der Waals surface area contributed by atoms with E-state index in [9.17, 15) is 4.39 Å². The van der Waals surface area contributed by atoms with E-state index in [2.05, 4.69) is 35.8 Å². The van der Waals surface area contributed by atoms with Crippen molar-refractivity contribution in [3.8, 4) is 5.75 Å². The number of ether oxygens (including phenoxy) is 1. The van der Waals surface area contributed by atoms with Crippen LogP contribution in [0.5, 0.6) is 5.75 Å². The molecule has 0 aliphatic rings. The van der Waals surface area contributed by atoms with Gasteiger partial charge in [-0.15, -0.1) is 0 Å². The molecule has 1 aromatic heterocycles. The first kappa shape index (κ1) is 20.5. The summed E-state index contributed by atoms with van der Waals surface area (Å²) in [6.07, 6.45) is 0. The topological polar surface area (TPSA) is 27.1 Å². The first-order valence-electron chi connectivity index (χ1n) is 10.5. The number of imidazole rings is 1. The largest absolute Gasteiger partial charge is 0.497 e. The van der Waals surface area contributed by atoms with Gasteiger partial charge in [0.1, 0.15) is 17.4 Å². The number of fused-ring (bicyclic) bond motifs is 2. The molecule has 0 saturated heterocycles. The highest BCUT2D eigenvalue weighted by Crippen LogP contribution is 2.32. The number of halogens is 2. The zero-order chi connectivity index (χ0) is 22.2. The van der Waals surface area contributed by atoms with Gasteiger partial charge in [-0.3, -0.25) is 0 Å². The molecule has 0 N–H and O–H groups in total. The summed E-state index contributed by atoms with van der Waals surface area (Å²) in [4.78, 5) is 4.93. The number of rotatable bonds is 5. The second-order valence-electron chi connectivity index (χ2n) is 7.94. The van der Waals surface area contributed by atoms with E-state index in [4.69, 9.17) is 21.3 Å². The second kappa shape index (κ2) is 8.29. The second-order valence-corrected chi connectivity index (χ2v) is 8.35. The van der Waals surface area contributed by atoms with Crippen LogP contribution in [0.3, 0.4) is 0 Å². The van der Waals surface area contributed by atoms with E-state index in [0.717, 1.165) is 38.9 Å². The van der Waals surface area contributed by atoms with Gasteiger partial charge in [0.25, 0.3) is 0 Å². The molecular formula is C27H22ClFN2O. The Hall–Kier alpha value is -3.37. The number of hydrogen-bond donors (Lipinski definition) is 0. The molecule has 32 heavy (non-hydrogen) atoms. The average Bonchev–Trinajstić information content (AvgIpc) is 3.18. The normalized spacial score (nSPS) is 12.4. The van der Waals surface area contributed by atoms with Crippen molar-refractivity contribution >= 4 is 33.4 Å². The van der Waals surface area contributed by atoms with Crippen LogP contribution in [0.25, 0.3) is 21.8 Å². The maximum Gasteiger partial charge on any atom is 0.129 e. The van der Waals surface area contributed by atoms with E-state index in [1.807, 2.05) is 36.4 Å². The molecule has 3 nitrogen and oxygen atoms in total. The Kier molecular flexibility index (Phi) is 5.32. The van der Waals surface area contributed by atoms with E-state index in [0.29, 0.717) is 17.1 Å². The highest BCUT2D eigenvalue weighted by atomic mass is 35.5. The van der Waals surface area contributed by atoms with Gasteiger partial charge < -0.3 is 9.30 Å². The van der Waals surface area contributed by atoms with E-state index in [-0.39, 0.29) is 11.7 Å². The monoisotopic (exact) mass is 444 g/mol. The molecule has 1 unspecified atom stereocenters. The van der Waals surface area contributed by atoms with Crippen LogP contribution in [-0.4, -0.2) is 16.7 Å². The molecule has 1 atom stereocenters. The third-order valence-corrected chi connectivity index (χ3v) is 6.37. The Bertz CT molecular complexity index is 1420. The van der Waals surface area contributed by atoms with Crippen molar-refractivity contribution < 1.29 is 9.13 Å². The van der Waals surface area contributed by atoms with Crippen molar-refractivity contribution in [1.29, 1.82) is 0 Å². The predicted molar refractivity (Wildman–Crippen MR) is 128 cm³/mol. The molecule has 1 heterocycles. The number of aromatic nitrogens is 2. The van der Waals surface area contributed by atoms with E-state index in [1.165, 1.54) is 6.07 Å². The third-order valence-electron chi connectivity index (χ3n) is 6.02. The molecule has 0 spiro atoms. The summed E-state index contributed by atoms with van der Waals surface area (Å²) < 4.78 is 22.0. The van der Waals surface area contributed by atoms with Gasteiger partial charge in [0.05, 0.1) is 24.7 Å². The number of hydrogen-bond acceptors (Lipinski definition) is 2. The first-order chi connectivity index (χ1) is 15.5. The molecule has 160 valence electrons. The molecule has 0 aliphatic heterocycles. The number of benzene rings is 4. The SMILES string of the molecule is COc1ccc2cc(C(C)c3nc4ccccc4n3Cc3c(F)cccc3Cl)ccc2c1. The Morgan fingerprint density at radius 2 is 1.75 bits per heavy atom. The van der Waals surface area contributed by atoms with Gasteiger partial charge in [0, 0.05) is 16.5 Å². The molecule has 0 saturated carbocycles. The predicted octanol–water partition coefficient (Wildman–Crippen LogP) is 7.19. The fourth-order valence-corrected chi connectivity index (χ4v) is 4.44. The summed E-state index contributed by atoms with van der Waals surface area (Å²) in [5.41, 5.74) is 3.45. The average molecular weight is 445 g/mol. The van der Waals surface area contributed by atoms with Crippen LogP contribution in [0, 0.1) is 5.82 Å². The lowest BCUT2D eigenvalue weighted by molar-refractivity contribution is 0.415. The minimum Gasteiger partial charge on any atom is -0.497 e. The Morgan fingerprint density at radius 1 is 0.969 bits per heavy atom. The van der Waals surface area contributed by atoms with Crippen molar-refractivity contribution in [3.05, 3.63) is 107 Å². The van der Waals surface area contributed by atoms with Gasteiger partial charge in [0.15, 0.2) is 0 Å². The highest BCUT2D eigenvalue weighted by Gasteiger charge is 2.20. The van der Waals surface area contributed by atoms with Crippen molar-refractivity contribution in [1.82, 2.24) is 9.55 Å². The fourth-order valence-electron chi connectivity index (χ4n) is 4.22. The van der Waals surface area contributed by atoms with Crippen LogP contribution >= 0.6 is 11.6 Å². The van der Waals surface area contributed by atoms with Gasteiger partial charge in [-0.25, -0.2) is 9.37 Å². The minimum absolute atomic E-state index is 0.000509. The molecule has 0 bridgehead atoms. The smallest absolute Gasteiger partial charge is 0.129 e. The lowest BCUT2D eigenvalue weighted by Gasteiger charge is -2.17. The Balaban J connectivity index is 1.62. The Labute approximate surface area is 191 Å². The number of para-hydroxylation sites is 2. The van der Waals surface area contributed by atoms with Crippen LogP contribution in [0.1, 0.15) is 29.8 Å². The molecule has 0 aliphatic carbocycles. The van der Waals surface area contributed by atoms with Gasteiger partial charge >= 0.3 is 0 Å². The molecule has 5 heteroatoms.